The monoisotopic (exact) mass is 397 g/mol. The van der Waals surface area contributed by atoms with E-state index in [9.17, 15) is 14.0 Å². The van der Waals surface area contributed by atoms with Gasteiger partial charge >= 0.3 is 0 Å². The summed E-state index contributed by atoms with van der Waals surface area (Å²) in [5.41, 5.74) is 2.20. The molecule has 28 heavy (non-hydrogen) atoms. The molecule has 1 saturated heterocycles. The van der Waals surface area contributed by atoms with E-state index in [0.29, 0.717) is 24.6 Å². The number of nitrogens with zero attached hydrogens (tertiary/aromatic N) is 2. The summed E-state index contributed by atoms with van der Waals surface area (Å²) in [7, 11) is 0. The van der Waals surface area contributed by atoms with Crippen molar-refractivity contribution >= 4 is 17.2 Å². The molecule has 0 aliphatic carbocycles. The Bertz CT molecular complexity index is 1010. The SMILES string of the molecule is O=C(Cc1ccc(F)cc1)N1CCC[C@H](c2nc(-c3ccsc3)cc(=O)[nH]2)C1. The van der Waals surface area contributed by atoms with Crippen LogP contribution in [0.1, 0.15) is 30.1 Å². The largest absolute Gasteiger partial charge is 0.342 e. The highest BCUT2D eigenvalue weighted by molar-refractivity contribution is 7.08. The first-order chi connectivity index (χ1) is 13.6. The lowest BCUT2D eigenvalue weighted by atomic mass is 9.96. The number of hydrogen-bond acceptors (Lipinski definition) is 4. The van der Waals surface area contributed by atoms with Gasteiger partial charge < -0.3 is 9.88 Å². The number of nitrogens with one attached hydrogen (secondary N) is 1. The summed E-state index contributed by atoms with van der Waals surface area (Å²) >= 11 is 1.56. The van der Waals surface area contributed by atoms with Crippen molar-refractivity contribution in [2.45, 2.75) is 25.2 Å². The number of likely N-dealkylation sites (tertiary alicyclic amines) is 1. The first-order valence-corrected chi connectivity index (χ1v) is 10.2. The zero-order chi connectivity index (χ0) is 19.5. The fourth-order valence-corrected chi connectivity index (χ4v) is 4.19. The lowest BCUT2D eigenvalue weighted by Gasteiger charge is -2.32. The fourth-order valence-electron chi connectivity index (χ4n) is 3.54. The molecule has 1 aliphatic rings. The van der Waals surface area contributed by atoms with Crippen molar-refractivity contribution in [1.82, 2.24) is 14.9 Å². The van der Waals surface area contributed by atoms with Crippen molar-refractivity contribution in [3.8, 4) is 11.3 Å². The van der Waals surface area contributed by atoms with Crippen molar-refractivity contribution < 1.29 is 9.18 Å². The van der Waals surface area contributed by atoms with E-state index in [1.807, 2.05) is 21.7 Å². The quantitative estimate of drug-likeness (QED) is 0.732. The van der Waals surface area contributed by atoms with Crippen LogP contribution in [0.5, 0.6) is 0 Å². The summed E-state index contributed by atoms with van der Waals surface area (Å²) in [5, 5.41) is 3.92. The van der Waals surface area contributed by atoms with Crippen LogP contribution in [0.4, 0.5) is 4.39 Å². The number of amides is 1. The van der Waals surface area contributed by atoms with Crippen LogP contribution in [0.15, 0.2) is 52.0 Å². The van der Waals surface area contributed by atoms with E-state index in [4.69, 9.17) is 0 Å². The number of carbonyl (C=O) groups is 1. The zero-order valence-corrected chi connectivity index (χ0v) is 16.0. The topological polar surface area (TPSA) is 66.1 Å². The van der Waals surface area contributed by atoms with Crippen LogP contribution in [0.25, 0.3) is 11.3 Å². The van der Waals surface area contributed by atoms with Crippen molar-refractivity contribution in [2.75, 3.05) is 13.1 Å². The van der Waals surface area contributed by atoms with Gasteiger partial charge in [-0.1, -0.05) is 12.1 Å². The van der Waals surface area contributed by atoms with Crippen LogP contribution in [0, 0.1) is 5.82 Å². The Hall–Kier alpha value is -2.80. The molecular weight excluding hydrogens is 377 g/mol. The van der Waals surface area contributed by atoms with E-state index >= 15 is 0 Å². The van der Waals surface area contributed by atoms with Crippen molar-refractivity contribution in [1.29, 1.82) is 0 Å². The number of H-pyrrole nitrogens is 1. The summed E-state index contributed by atoms with van der Waals surface area (Å²) in [4.78, 5) is 34.1. The minimum absolute atomic E-state index is 0.00259. The molecule has 0 radical (unpaired) electrons. The van der Waals surface area contributed by atoms with Gasteiger partial charge in [0.15, 0.2) is 0 Å². The van der Waals surface area contributed by atoms with E-state index < -0.39 is 0 Å². The predicted molar refractivity (Wildman–Crippen MR) is 107 cm³/mol. The second-order valence-electron chi connectivity index (χ2n) is 7.01. The lowest BCUT2D eigenvalue weighted by Crippen LogP contribution is -2.40. The first kappa shape index (κ1) is 18.6. The van der Waals surface area contributed by atoms with Gasteiger partial charge in [-0.3, -0.25) is 9.59 Å². The first-order valence-electron chi connectivity index (χ1n) is 9.24. The minimum atomic E-state index is -0.310. The van der Waals surface area contributed by atoms with Gasteiger partial charge in [0.05, 0.1) is 12.1 Å². The van der Waals surface area contributed by atoms with Crippen LogP contribution in [0.3, 0.4) is 0 Å². The van der Waals surface area contributed by atoms with Crippen LogP contribution >= 0.6 is 11.3 Å². The maximum atomic E-state index is 13.1. The highest BCUT2D eigenvalue weighted by Crippen LogP contribution is 2.26. The average Bonchev–Trinajstić information content (AvgIpc) is 3.24. The highest BCUT2D eigenvalue weighted by atomic mass is 32.1. The van der Waals surface area contributed by atoms with Gasteiger partial charge in [0.2, 0.25) is 5.91 Å². The molecule has 0 bridgehead atoms. The smallest absolute Gasteiger partial charge is 0.251 e. The van der Waals surface area contributed by atoms with Gasteiger partial charge in [0.1, 0.15) is 11.6 Å². The van der Waals surface area contributed by atoms with Crippen LogP contribution in [0.2, 0.25) is 0 Å². The number of hydrogen-bond donors (Lipinski definition) is 1. The van der Waals surface area contributed by atoms with Gasteiger partial charge in [-0.15, -0.1) is 0 Å². The molecule has 0 saturated carbocycles. The number of carbonyl (C=O) groups excluding carboxylic acids is 1. The molecule has 1 N–H and O–H groups in total. The van der Waals surface area contributed by atoms with Crippen molar-refractivity contribution in [3.05, 3.63) is 74.7 Å². The normalized spacial score (nSPS) is 16.9. The van der Waals surface area contributed by atoms with E-state index in [0.717, 1.165) is 24.0 Å². The maximum absolute atomic E-state index is 13.1. The van der Waals surface area contributed by atoms with Gasteiger partial charge in [-0.05, 0) is 42.0 Å². The number of aromatic amines is 1. The van der Waals surface area contributed by atoms with Gasteiger partial charge in [-0.25, -0.2) is 9.37 Å². The number of aromatic nitrogens is 2. The summed E-state index contributed by atoms with van der Waals surface area (Å²) < 4.78 is 13.1. The molecule has 0 unspecified atom stereocenters. The minimum Gasteiger partial charge on any atom is -0.342 e. The molecular formula is C21H20FN3O2S. The third kappa shape index (κ3) is 4.20. The van der Waals surface area contributed by atoms with Crippen LogP contribution in [-0.2, 0) is 11.2 Å². The Kier molecular flexibility index (Phi) is 5.34. The Labute approximate surface area is 165 Å². The number of rotatable bonds is 4. The Morgan fingerprint density at radius 2 is 2.11 bits per heavy atom. The van der Waals surface area contributed by atoms with E-state index in [1.54, 1.807) is 23.5 Å². The Morgan fingerprint density at radius 1 is 1.29 bits per heavy atom. The van der Waals surface area contributed by atoms with E-state index in [2.05, 4.69) is 9.97 Å². The molecule has 0 spiro atoms. The van der Waals surface area contributed by atoms with E-state index in [1.165, 1.54) is 18.2 Å². The third-order valence-electron chi connectivity index (χ3n) is 5.01. The van der Waals surface area contributed by atoms with Crippen LogP contribution in [-0.4, -0.2) is 33.9 Å². The molecule has 3 aromatic rings. The second kappa shape index (κ2) is 8.06. The summed E-state index contributed by atoms with van der Waals surface area (Å²) in [6, 6.07) is 9.45. The Balaban J connectivity index is 1.50. The van der Waals surface area contributed by atoms with Gasteiger partial charge in [0.25, 0.3) is 5.56 Å². The van der Waals surface area contributed by atoms with Crippen molar-refractivity contribution in [2.24, 2.45) is 0 Å². The number of halogens is 1. The maximum Gasteiger partial charge on any atom is 0.251 e. The van der Waals surface area contributed by atoms with Crippen LogP contribution < -0.4 is 5.56 Å². The number of thiophene rings is 1. The average molecular weight is 397 g/mol. The molecule has 4 rings (SSSR count). The molecule has 2 aromatic heterocycles. The van der Waals surface area contributed by atoms with Crippen molar-refractivity contribution in [3.63, 3.8) is 0 Å². The second-order valence-corrected chi connectivity index (χ2v) is 7.79. The highest BCUT2D eigenvalue weighted by Gasteiger charge is 2.26. The molecule has 1 aromatic carbocycles. The Morgan fingerprint density at radius 3 is 2.86 bits per heavy atom. The molecule has 1 aliphatic heterocycles. The molecule has 1 fully saturated rings. The molecule has 1 atom stereocenters. The number of benzene rings is 1. The zero-order valence-electron chi connectivity index (χ0n) is 15.2. The van der Waals surface area contributed by atoms with Gasteiger partial charge in [0, 0.05) is 36.0 Å². The van der Waals surface area contributed by atoms with E-state index in [-0.39, 0.29) is 29.6 Å². The number of piperidine rings is 1. The summed E-state index contributed by atoms with van der Waals surface area (Å²) in [5.74, 6) is 0.326. The summed E-state index contributed by atoms with van der Waals surface area (Å²) in [6.07, 6.45) is 1.97. The predicted octanol–water partition coefficient (Wildman–Crippen LogP) is 3.59. The van der Waals surface area contributed by atoms with Gasteiger partial charge in [-0.2, -0.15) is 11.3 Å². The summed E-state index contributed by atoms with van der Waals surface area (Å²) in [6.45, 7) is 1.21. The molecule has 5 nitrogen and oxygen atoms in total. The molecule has 1 amide bonds. The lowest BCUT2D eigenvalue weighted by molar-refractivity contribution is -0.131. The standard InChI is InChI=1S/C21H20FN3O2S/c22-17-5-3-14(4-6-17)10-20(27)25-8-1-2-15(12-25)21-23-18(11-19(26)24-21)16-7-9-28-13-16/h3-7,9,11,13,15H,1-2,8,10,12H2,(H,23,24,26)/t15-/m0/s1. The molecule has 7 heteroatoms. The fraction of sp³-hybridized carbons (Fsp3) is 0.286. The molecule has 144 valence electrons. The molecule has 3 heterocycles. The third-order valence-corrected chi connectivity index (χ3v) is 5.69.